The van der Waals surface area contributed by atoms with Crippen LogP contribution in [-0.4, -0.2) is 28.2 Å². The lowest BCUT2D eigenvalue weighted by atomic mass is 10.0. The van der Waals surface area contributed by atoms with Crippen LogP contribution < -0.4 is 10.6 Å². The molecule has 0 aliphatic carbocycles. The first-order chi connectivity index (χ1) is 13.6. The number of rotatable bonds is 5. The minimum atomic E-state index is -0.823. The zero-order valence-corrected chi connectivity index (χ0v) is 17.0. The number of anilines is 1. The van der Waals surface area contributed by atoms with E-state index in [0.717, 1.165) is 5.56 Å². The van der Waals surface area contributed by atoms with Gasteiger partial charge in [-0.2, -0.15) is 5.26 Å². The van der Waals surface area contributed by atoms with E-state index in [1.165, 1.54) is 0 Å². The third kappa shape index (κ3) is 4.20. The fraction of sp³-hybridized carbons (Fsp3) is 0.273. The van der Waals surface area contributed by atoms with Gasteiger partial charge in [-0.15, -0.1) is 6.42 Å². The molecule has 1 aromatic carbocycles. The molecule has 0 saturated heterocycles. The van der Waals surface area contributed by atoms with Crippen LogP contribution >= 0.6 is 0 Å². The van der Waals surface area contributed by atoms with Gasteiger partial charge >= 0.3 is 0 Å². The quantitative estimate of drug-likeness (QED) is 0.465. The molecule has 0 fully saturated rings. The van der Waals surface area contributed by atoms with Crippen LogP contribution in [0.2, 0.25) is 0 Å². The molecule has 2 amide bonds. The van der Waals surface area contributed by atoms with Gasteiger partial charge in [0.25, 0.3) is 17.6 Å². The van der Waals surface area contributed by atoms with Crippen LogP contribution in [0.1, 0.15) is 50.2 Å². The highest BCUT2D eigenvalue weighted by molar-refractivity contribution is 6.43. The Morgan fingerprint density at radius 3 is 2.45 bits per heavy atom. The van der Waals surface area contributed by atoms with E-state index in [4.69, 9.17) is 11.7 Å². The molecule has 0 radical (unpaired) electrons. The molecule has 148 valence electrons. The lowest BCUT2D eigenvalue weighted by Crippen LogP contribution is -2.37. The van der Waals surface area contributed by atoms with E-state index in [-0.39, 0.29) is 11.3 Å². The number of aromatic nitrogens is 1. The van der Waals surface area contributed by atoms with E-state index >= 15 is 0 Å². The number of Topliss-reactive ketones (excluding diaryl/α,β-unsaturated/α-hetero) is 1. The Kier molecular flexibility index (Phi) is 6.25. The number of carbonyl (C=O) groups excluding carboxylic acids is 3. The largest absolute Gasteiger partial charge is 0.343 e. The molecule has 1 aromatic heterocycles. The van der Waals surface area contributed by atoms with Gasteiger partial charge in [-0.05, 0) is 51.0 Å². The number of aryl methyl sites for hydroxylation is 1. The van der Waals surface area contributed by atoms with Gasteiger partial charge in [0, 0.05) is 18.4 Å². The standard InChI is InChI=1S/C22H22N4O3/c1-7-13(3)24-22(29)20(27)18-14(4)19(26(6)15(18)5)21(28)25-17-9-8-12(2)16(10-17)11-23/h1,8-10,13H,2-6H3,(H,24,29)(H,25,28). The number of carbonyl (C=O) groups is 3. The van der Waals surface area contributed by atoms with Gasteiger partial charge in [0.2, 0.25) is 0 Å². The van der Waals surface area contributed by atoms with Crippen molar-refractivity contribution in [3.8, 4) is 18.4 Å². The molecule has 1 atom stereocenters. The first kappa shape index (κ1) is 21.5. The highest BCUT2D eigenvalue weighted by Gasteiger charge is 2.28. The van der Waals surface area contributed by atoms with E-state index in [1.807, 2.05) is 0 Å². The number of hydrogen-bond donors (Lipinski definition) is 2. The molecule has 0 saturated carbocycles. The van der Waals surface area contributed by atoms with Crippen molar-refractivity contribution in [1.82, 2.24) is 9.88 Å². The summed E-state index contributed by atoms with van der Waals surface area (Å²) in [4.78, 5) is 37.7. The van der Waals surface area contributed by atoms with Crippen LogP contribution in [0, 0.1) is 44.4 Å². The lowest BCUT2D eigenvalue weighted by Gasteiger charge is -2.09. The van der Waals surface area contributed by atoms with Crippen molar-refractivity contribution in [2.45, 2.75) is 33.7 Å². The summed E-state index contributed by atoms with van der Waals surface area (Å²) in [5, 5.41) is 14.3. The summed E-state index contributed by atoms with van der Waals surface area (Å²) in [6.45, 7) is 6.67. The molecular formula is C22H22N4O3. The number of amides is 2. The SMILES string of the molecule is C#CC(C)NC(=O)C(=O)c1c(C)c(C(=O)Nc2ccc(C)c(C#N)c2)n(C)c1C. The number of nitrogens with zero attached hydrogens (tertiary/aromatic N) is 2. The molecule has 29 heavy (non-hydrogen) atoms. The summed E-state index contributed by atoms with van der Waals surface area (Å²) in [7, 11) is 1.64. The molecule has 7 heteroatoms. The molecule has 0 aliphatic heterocycles. The molecule has 1 unspecified atom stereocenters. The third-order valence-electron chi connectivity index (χ3n) is 4.79. The molecule has 0 spiro atoms. The number of hydrogen-bond acceptors (Lipinski definition) is 4. The predicted octanol–water partition coefficient (Wildman–Crippen LogP) is 2.39. The van der Waals surface area contributed by atoms with Gasteiger partial charge in [-0.1, -0.05) is 12.0 Å². The molecule has 1 heterocycles. The van der Waals surface area contributed by atoms with Crippen LogP contribution in [0.5, 0.6) is 0 Å². The van der Waals surface area contributed by atoms with Crippen molar-refractivity contribution < 1.29 is 14.4 Å². The van der Waals surface area contributed by atoms with Gasteiger partial charge in [-0.3, -0.25) is 14.4 Å². The van der Waals surface area contributed by atoms with E-state index in [1.54, 1.807) is 57.5 Å². The van der Waals surface area contributed by atoms with Crippen molar-refractivity contribution in [3.63, 3.8) is 0 Å². The number of nitrogens with one attached hydrogen (secondary N) is 2. The fourth-order valence-electron chi connectivity index (χ4n) is 3.06. The van der Waals surface area contributed by atoms with E-state index in [2.05, 4.69) is 22.6 Å². The second kappa shape index (κ2) is 8.45. The van der Waals surface area contributed by atoms with Crippen molar-refractivity contribution in [2.75, 3.05) is 5.32 Å². The number of ketones is 1. The zero-order chi connectivity index (χ0) is 21.9. The first-order valence-electron chi connectivity index (χ1n) is 8.91. The zero-order valence-electron chi connectivity index (χ0n) is 17.0. The summed E-state index contributed by atoms with van der Waals surface area (Å²) in [6, 6.07) is 6.50. The maximum atomic E-state index is 12.9. The Balaban J connectivity index is 2.38. The Bertz CT molecular complexity index is 1100. The Morgan fingerprint density at radius 1 is 1.21 bits per heavy atom. The van der Waals surface area contributed by atoms with E-state index in [9.17, 15) is 14.4 Å². The smallest absolute Gasteiger partial charge is 0.293 e. The minimum absolute atomic E-state index is 0.168. The van der Waals surface area contributed by atoms with Crippen molar-refractivity contribution in [3.05, 3.63) is 51.8 Å². The number of benzene rings is 1. The molecule has 2 N–H and O–H groups in total. The molecular weight excluding hydrogens is 368 g/mol. The second-order valence-electron chi connectivity index (χ2n) is 6.78. The van der Waals surface area contributed by atoms with Gasteiger partial charge in [0.15, 0.2) is 0 Å². The van der Waals surface area contributed by atoms with Gasteiger partial charge in [0.05, 0.1) is 23.2 Å². The summed E-state index contributed by atoms with van der Waals surface area (Å²) in [6.07, 6.45) is 5.24. The Hall–Kier alpha value is -3.84. The maximum absolute atomic E-state index is 12.9. The fourth-order valence-corrected chi connectivity index (χ4v) is 3.06. The summed E-state index contributed by atoms with van der Waals surface area (Å²) in [5.41, 5.74) is 3.02. The van der Waals surface area contributed by atoms with Gasteiger partial charge in [0.1, 0.15) is 5.69 Å². The van der Waals surface area contributed by atoms with Crippen LogP contribution in [0.4, 0.5) is 5.69 Å². The predicted molar refractivity (Wildman–Crippen MR) is 110 cm³/mol. The third-order valence-corrected chi connectivity index (χ3v) is 4.79. The number of terminal acetylenes is 1. The minimum Gasteiger partial charge on any atom is -0.343 e. The van der Waals surface area contributed by atoms with Crippen molar-refractivity contribution >= 4 is 23.3 Å². The van der Waals surface area contributed by atoms with E-state index < -0.39 is 23.6 Å². The molecule has 2 aromatic rings. The maximum Gasteiger partial charge on any atom is 0.293 e. The average Bonchev–Trinajstić information content (AvgIpc) is 2.91. The van der Waals surface area contributed by atoms with Crippen LogP contribution in [-0.2, 0) is 11.8 Å². The first-order valence-corrected chi connectivity index (χ1v) is 8.91. The highest BCUT2D eigenvalue weighted by Crippen LogP contribution is 2.23. The highest BCUT2D eigenvalue weighted by atomic mass is 16.2. The van der Waals surface area contributed by atoms with Crippen molar-refractivity contribution in [1.29, 1.82) is 5.26 Å². The van der Waals surface area contributed by atoms with Gasteiger partial charge < -0.3 is 15.2 Å². The number of nitriles is 1. The van der Waals surface area contributed by atoms with Crippen LogP contribution in [0.15, 0.2) is 18.2 Å². The summed E-state index contributed by atoms with van der Waals surface area (Å²) >= 11 is 0. The second-order valence-corrected chi connectivity index (χ2v) is 6.78. The Morgan fingerprint density at radius 2 is 1.86 bits per heavy atom. The molecule has 0 bridgehead atoms. The summed E-state index contributed by atoms with van der Waals surface area (Å²) < 4.78 is 1.56. The molecule has 2 rings (SSSR count). The van der Waals surface area contributed by atoms with Crippen LogP contribution in [0.3, 0.4) is 0 Å². The molecule has 7 nitrogen and oxygen atoms in total. The average molecular weight is 390 g/mol. The molecule has 0 aliphatic rings. The lowest BCUT2D eigenvalue weighted by molar-refractivity contribution is -0.117. The van der Waals surface area contributed by atoms with E-state index in [0.29, 0.717) is 22.5 Å². The van der Waals surface area contributed by atoms with Crippen LogP contribution in [0.25, 0.3) is 0 Å². The normalized spacial score (nSPS) is 11.1. The topological polar surface area (TPSA) is 104 Å². The monoisotopic (exact) mass is 390 g/mol. The Labute approximate surface area is 169 Å². The summed E-state index contributed by atoms with van der Waals surface area (Å²) in [5.74, 6) is 0.310. The van der Waals surface area contributed by atoms with Crippen molar-refractivity contribution in [2.24, 2.45) is 7.05 Å². The van der Waals surface area contributed by atoms with Gasteiger partial charge in [-0.25, -0.2) is 0 Å².